The van der Waals surface area contributed by atoms with Crippen LogP contribution >= 0.6 is 22.7 Å². The van der Waals surface area contributed by atoms with Crippen LogP contribution in [0.25, 0.3) is 10.9 Å². The van der Waals surface area contributed by atoms with Crippen molar-refractivity contribution in [3.8, 4) is 0 Å². The van der Waals surface area contributed by atoms with Gasteiger partial charge in [-0.2, -0.15) is 0 Å². The third kappa shape index (κ3) is 3.01. The molecule has 1 aliphatic heterocycles. The smallest absolute Gasteiger partial charge is 0.225 e. The molecule has 1 aliphatic rings. The van der Waals surface area contributed by atoms with Crippen LogP contribution in [0.4, 0.5) is 0 Å². The Morgan fingerprint density at radius 1 is 1.04 bits per heavy atom. The van der Waals surface area contributed by atoms with E-state index in [1.807, 2.05) is 11.3 Å². The number of amides is 1. The third-order valence-corrected chi connectivity index (χ3v) is 7.27. The maximum atomic E-state index is 13.2. The highest BCUT2D eigenvalue weighted by Crippen LogP contribution is 2.39. The van der Waals surface area contributed by atoms with Gasteiger partial charge in [0.15, 0.2) is 0 Å². The summed E-state index contributed by atoms with van der Waals surface area (Å²) in [5, 5.41) is 5.48. The van der Waals surface area contributed by atoms with Gasteiger partial charge in [-0.05, 0) is 52.4 Å². The summed E-state index contributed by atoms with van der Waals surface area (Å²) in [7, 11) is 0. The lowest BCUT2D eigenvalue weighted by Crippen LogP contribution is -2.40. The summed E-state index contributed by atoms with van der Waals surface area (Å²) in [4.78, 5) is 18.0. The van der Waals surface area contributed by atoms with Crippen LogP contribution in [-0.2, 0) is 17.8 Å². The van der Waals surface area contributed by atoms with Crippen LogP contribution in [0.2, 0.25) is 0 Å². The second-order valence-corrected chi connectivity index (χ2v) is 8.85. The number of carbonyl (C=O) groups is 1. The zero-order valence-electron chi connectivity index (χ0n) is 14.9. The predicted octanol–water partition coefficient (Wildman–Crippen LogP) is 5.33. The second-order valence-electron chi connectivity index (χ2n) is 6.87. The van der Waals surface area contributed by atoms with Gasteiger partial charge in [0.1, 0.15) is 0 Å². The maximum Gasteiger partial charge on any atom is 0.225 e. The number of nitrogens with zero attached hydrogens (tertiary/aromatic N) is 2. The Bertz CT molecular complexity index is 1080. The number of para-hydroxylation sites is 1. The van der Waals surface area contributed by atoms with Crippen molar-refractivity contribution in [3.05, 3.63) is 80.8 Å². The lowest BCUT2D eigenvalue weighted by atomic mass is 9.98. The van der Waals surface area contributed by atoms with E-state index in [9.17, 15) is 4.79 Å². The van der Waals surface area contributed by atoms with Crippen molar-refractivity contribution in [1.82, 2.24) is 9.47 Å². The number of hydrogen-bond acceptors (Lipinski definition) is 3. The Hall–Kier alpha value is -2.37. The van der Waals surface area contributed by atoms with Gasteiger partial charge in [-0.1, -0.05) is 24.3 Å². The first-order valence-corrected chi connectivity index (χ1v) is 11.0. The molecule has 1 aromatic carbocycles. The van der Waals surface area contributed by atoms with Gasteiger partial charge in [0.05, 0.1) is 6.04 Å². The van der Waals surface area contributed by atoms with E-state index in [1.165, 1.54) is 26.2 Å². The number of thiophene rings is 2. The molecule has 4 heterocycles. The molecule has 27 heavy (non-hydrogen) atoms. The molecular formula is C22H20N2OS2. The molecule has 1 atom stereocenters. The third-order valence-electron chi connectivity index (χ3n) is 5.35. The number of aryl methyl sites for hydroxylation is 1. The predicted molar refractivity (Wildman–Crippen MR) is 112 cm³/mol. The van der Waals surface area contributed by atoms with Crippen LogP contribution in [0.5, 0.6) is 0 Å². The number of carbonyl (C=O) groups excluding carboxylic acids is 1. The van der Waals surface area contributed by atoms with Crippen molar-refractivity contribution in [1.29, 1.82) is 0 Å². The molecule has 0 saturated carbocycles. The Morgan fingerprint density at radius 2 is 1.96 bits per heavy atom. The van der Waals surface area contributed by atoms with E-state index >= 15 is 0 Å². The van der Waals surface area contributed by atoms with E-state index in [-0.39, 0.29) is 11.9 Å². The molecule has 5 rings (SSSR count). The van der Waals surface area contributed by atoms with Gasteiger partial charge in [-0.15, -0.1) is 22.7 Å². The van der Waals surface area contributed by atoms with E-state index in [1.54, 1.807) is 11.3 Å². The summed E-state index contributed by atoms with van der Waals surface area (Å²) in [6, 6.07) is 17.0. The van der Waals surface area contributed by atoms with E-state index in [0.29, 0.717) is 6.42 Å². The Labute approximate surface area is 166 Å². The fourth-order valence-electron chi connectivity index (χ4n) is 4.03. The fraction of sp³-hybridized carbons (Fsp3) is 0.227. The first-order valence-electron chi connectivity index (χ1n) is 9.24. The normalized spacial score (nSPS) is 16.6. The van der Waals surface area contributed by atoms with Crippen LogP contribution in [0.1, 0.15) is 27.8 Å². The van der Waals surface area contributed by atoms with E-state index < -0.39 is 0 Å². The van der Waals surface area contributed by atoms with Gasteiger partial charge >= 0.3 is 0 Å². The molecule has 0 bridgehead atoms. The first kappa shape index (κ1) is 16.8. The number of aromatic nitrogens is 1. The van der Waals surface area contributed by atoms with Gasteiger partial charge in [-0.3, -0.25) is 4.79 Å². The zero-order valence-corrected chi connectivity index (χ0v) is 16.5. The highest BCUT2D eigenvalue weighted by Gasteiger charge is 2.33. The van der Waals surface area contributed by atoms with Crippen LogP contribution in [0, 0.1) is 0 Å². The average molecular weight is 393 g/mol. The average Bonchev–Trinajstić information content (AvgIpc) is 3.45. The number of rotatable bonds is 4. The monoisotopic (exact) mass is 392 g/mol. The van der Waals surface area contributed by atoms with Crippen molar-refractivity contribution in [2.75, 3.05) is 6.54 Å². The van der Waals surface area contributed by atoms with Crippen LogP contribution in [0.3, 0.4) is 0 Å². The first-order chi connectivity index (χ1) is 13.3. The largest absolute Gasteiger partial charge is 0.347 e. The van der Waals surface area contributed by atoms with Gasteiger partial charge in [0.2, 0.25) is 5.91 Å². The zero-order chi connectivity index (χ0) is 18.2. The molecule has 0 radical (unpaired) electrons. The van der Waals surface area contributed by atoms with Crippen molar-refractivity contribution in [3.63, 3.8) is 0 Å². The minimum absolute atomic E-state index is 0.0777. The minimum Gasteiger partial charge on any atom is -0.347 e. The van der Waals surface area contributed by atoms with Gasteiger partial charge < -0.3 is 9.47 Å². The molecule has 0 saturated heterocycles. The standard InChI is InChI=1S/C22H20N2OS2/c25-21(9-12-23-11-7-16-4-1-2-5-18(16)23)24-13-8-19-17(10-15-27-19)22(24)20-6-3-14-26-20/h1-7,10-11,14-15,22H,8-9,12-13H2/t22-/m0/s1. The summed E-state index contributed by atoms with van der Waals surface area (Å²) >= 11 is 3.56. The van der Waals surface area contributed by atoms with Gasteiger partial charge in [0.25, 0.3) is 0 Å². The van der Waals surface area contributed by atoms with Crippen molar-refractivity contribution < 1.29 is 4.79 Å². The molecule has 3 nitrogen and oxygen atoms in total. The number of benzene rings is 1. The summed E-state index contributed by atoms with van der Waals surface area (Å²) < 4.78 is 2.19. The Kier molecular flexibility index (Phi) is 4.34. The van der Waals surface area contributed by atoms with Crippen molar-refractivity contribution in [2.24, 2.45) is 0 Å². The van der Waals surface area contributed by atoms with Crippen molar-refractivity contribution >= 4 is 39.5 Å². The minimum atomic E-state index is 0.0777. The molecule has 1 amide bonds. The van der Waals surface area contributed by atoms with E-state index in [0.717, 1.165) is 19.5 Å². The van der Waals surface area contributed by atoms with Crippen molar-refractivity contribution in [2.45, 2.75) is 25.4 Å². The summed E-state index contributed by atoms with van der Waals surface area (Å²) in [6.45, 7) is 1.53. The van der Waals surface area contributed by atoms with E-state index in [4.69, 9.17) is 0 Å². The maximum absolute atomic E-state index is 13.2. The van der Waals surface area contributed by atoms with Gasteiger partial charge in [-0.25, -0.2) is 0 Å². The number of fused-ring (bicyclic) bond motifs is 2. The van der Waals surface area contributed by atoms with E-state index in [2.05, 4.69) is 75.0 Å². The topological polar surface area (TPSA) is 25.2 Å². The molecule has 0 spiro atoms. The molecule has 4 aromatic rings. The summed E-state index contributed by atoms with van der Waals surface area (Å²) in [5.74, 6) is 0.239. The van der Waals surface area contributed by atoms with Gasteiger partial charge in [0, 0.05) is 41.0 Å². The van der Waals surface area contributed by atoms with Crippen LogP contribution in [-0.4, -0.2) is 21.9 Å². The lowest BCUT2D eigenvalue weighted by molar-refractivity contribution is -0.133. The fourth-order valence-corrected chi connectivity index (χ4v) is 5.79. The molecule has 5 heteroatoms. The number of hydrogen-bond donors (Lipinski definition) is 0. The molecule has 0 N–H and O–H groups in total. The molecule has 0 unspecified atom stereocenters. The summed E-state index contributed by atoms with van der Waals surface area (Å²) in [6.07, 6.45) is 3.58. The second kappa shape index (κ2) is 6.98. The molecule has 3 aromatic heterocycles. The Balaban J connectivity index is 1.39. The lowest BCUT2D eigenvalue weighted by Gasteiger charge is -2.35. The molecule has 136 valence electrons. The highest BCUT2D eigenvalue weighted by atomic mass is 32.1. The van der Waals surface area contributed by atoms with Crippen LogP contribution in [0.15, 0.2) is 65.5 Å². The molecule has 0 aliphatic carbocycles. The molecular weight excluding hydrogens is 372 g/mol. The quantitative estimate of drug-likeness (QED) is 0.461. The highest BCUT2D eigenvalue weighted by molar-refractivity contribution is 7.10. The van der Waals surface area contributed by atoms with Crippen LogP contribution < -0.4 is 0 Å². The Morgan fingerprint density at radius 3 is 2.85 bits per heavy atom. The molecule has 0 fully saturated rings. The summed E-state index contributed by atoms with van der Waals surface area (Å²) in [5.41, 5.74) is 2.51. The SMILES string of the molecule is O=C(CCn1ccc2ccccc21)N1CCc2sccc2[C@H]1c1cccs1.